The molecule has 50 heavy (non-hydrogen) atoms. The minimum absolute atomic E-state index is 0.310. The molecular formula is C48H33NO. The van der Waals surface area contributed by atoms with Gasteiger partial charge in [-0.3, -0.25) is 0 Å². The quantitative estimate of drug-likeness (QED) is 0.174. The van der Waals surface area contributed by atoms with E-state index in [-0.39, 0.29) is 0 Å². The first-order chi connectivity index (χ1) is 24.8. The fourth-order valence-corrected chi connectivity index (χ4v) is 7.94. The van der Waals surface area contributed by atoms with E-state index in [2.05, 4.69) is 187 Å². The fourth-order valence-electron chi connectivity index (χ4n) is 7.94. The average Bonchev–Trinajstić information content (AvgIpc) is 3.57. The standard InChI is InChI=1S/C48H33NO/c1-2-10-32(11-3-1)36-13-8-14-39(30-36)49(40-28-29-42-37(31-40)23-22-35-21-20-33-12-4-5-15-41(33)47(35)42)38-26-24-34(25-27-38)43-17-9-18-45-44-16-6-7-19-46(44)50-48(43)45/h1-15,17-31,44H,16H2. The van der Waals surface area contributed by atoms with E-state index in [1.165, 1.54) is 49.0 Å². The van der Waals surface area contributed by atoms with Crippen LogP contribution in [0.2, 0.25) is 0 Å². The second kappa shape index (κ2) is 11.6. The normalized spacial score (nSPS) is 14.7. The summed E-state index contributed by atoms with van der Waals surface area (Å²) in [6.45, 7) is 0. The topological polar surface area (TPSA) is 12.5 Å². The van der Waals surface area contributed by atoms with E-state index in [0.717, 1.165) is 46.1 Å². The summed E-state index contributed by atoms with van der Waals surface area (Å²) in [7, 11) is 0. The van der Waals surface area contributed by atoms with Crippen LogP contribution in [0.25, 0.3) is 54.6 Å². The first-order valence-electron chi connectivity index (χ1n) is 17.4. The molecule has 0 aromatic heterocycles. The molecule has 0 bridgehead atoms. The van der Waals surface area contributed by atoms with Crippen molar-refractivity contribution < 1.29 is 4.74 Å². The summed E-state index contributed by atoms with van der Waals surface area (Å²) in [5.74, 6) is 2.35. The number of anilines is 3. The van der Waals surface area contributed by atoms with Gasteiger partial charge in [-0.15, -0.1) is 0 Å². The van der Waals surface area contributed by atoms with Crippen molar-refractivity contribution in [1.29, 1.82) is 0 Å². The number of rotatable bonds is 5. The van der Waals surface area contributed by atoms with E-state index in [4.69, 9.17) is 4.74 Å². The van der Waals surface area contributed by atoms with Gasteiger partial charge in [-0.2, -0.15) is 0 Å². The number of hydrogen-bond donors (Lipinski definition) is 0. The van der Waals surface area contributed by atoms with Crippen LogP contribution in [0.3, 0.4) is 0 Å². The lowest BCUT2D eigenvalue weighted by Crippen LogP contribution is -2.10. The maximum absolute atomic E-state index is 6.47. The van der Waals surface area contributed by atoms with Crippen LogP contribution in [0.15, 0.2) is 188 Å². The molecule has 0 radical (unpaired) electrons. The van der Waals surface area contributed by atoms with Crippen LogP contribution in [0.5, 0.6) is 5.75 Å². The second-order valence-electron chi connectivity index (χ2n) is 13.3. The van der Waals surface area contributed by atoms with Crippen LogP contribution in [0, 0.1) is 0 Å². The molecule has 2 heteroatoms. The van der Waals surface area contributed by atoms with Crippen molar-refractivity contribution in [3.63, 3.8) is 0 Å². The van der Waals surface area contributed by atoms with Crippen LogP contribution in [-0.4, -0.2) is 0 Å². The molecule has 0 spiro atoms. The number of para-hydroxylation sites is 1. The highest BCUT2D eigenvalue weighted by molar-refractivity contribution is 6.20. The number of hydrogen-bond acceptors (Lipinski definition) is 2. The summed E-state index contributed by atoms with van der Waals surface area (Å²) < 4.78 is 6.47. The van der Waals surface area contributed by atoms with Crippen LogP contribution in [0.1, 0.15) is 17.9 Å². The molecule has 0 fully saturated rings. The minimum atomic E-state index is 0.310. The number of benzene rings is 8. The van der Waals surface area contributed by atoms with E-state index in [0.29, 0.717) is 5.92 Å². The predicted octanol–water partition coefficient (Wildman–Crippen LogP) is 13.3. The zero-order chi connectivity index (χ0) is 33.0. The second-order valence-corrected chi connectivity index (χ2v) is 13.3. The summed E-state index contributed by atoms with van der Waals surface area (Å²) in [6.07, 6.45) is 7.42. The Morgan fingerprint density at radius 2 is 1.22 bits per heavy atom. The summed E-state index contributed by atoms with van der Waals surface area (Å²) in [5, 5.41) is 7.59. The molecule has 8 aromatic rings. The van der Waals surface area contributed by atoms with Gasteiger partial charge in [0.25, 0.3) is 0 Å². The van der Waals surface area contributed by atoms with Crippen molar-refractivity contribution in [2.45, 2.75) is 12.3 Å². The van der Waals surface area contributed by atoms with Gasteiger partial charge in [0.2, 0.25) is 0 Å². The molecule has 10 rings (SSSR count). The molecule has 0 N–H and O–H groups in total. The monoisotopic (exact) mass is 639 g/mol. The third-order valence-electron chi connectivity index (χ3n) is 10.4. The highest BCUT2D eigenvalue weighted by atomic mass is 16.5. The van der Waals surface area contributed by atoms with E-state index < -0.39 is 0 Å². The van der Waals surface area contributed by atoms with E-state index in [1.807, 2.05) is 0 Å². The SMILES string of the molecule is C1=CCC2C(=C1)Oc1c(-c3ccc(N(c4cccc(-c5ccccc5)c4)c4ccc5c(ccc6ccc7ccccc7c65)c4)cc3)cccc12. The lowest BCUT2D eigenvalue weighted by molar-refractivity contribution is 0.426. The molecule has 2 aliphatic rings. The Bertz CT molecular complexity index is 2650. The molecule has 236 valence electrons. The van der Waals surface area contributed by atoms with E-state index in [9.17, 15) is 0 Å². The smallest absolute Gasteiger partial charge is 0.138 e. The van der Waals surface area contributed by atoms with Gasteiger partial charge in [0, 0.05) is 34.1 Å². The van der Waals surface area contributed by atoms with Crippen molar-refractivity contribution in [3.05, 3.63) is 193 Å². The molecule has 2 nitrogen and oxygen atoms in total. The third kappa shape index (κ3) is 4.72. The van der Waals surface area contributed by atoms with Crippen LogP contribution < -0.4 is 9.64 Å². The minimum Gasteiger partial charge on any atom is -0.460 e. The maximum atomic E-state index is 6.47. The van der Waals surface area contributed by atoms with Gasteiger partial charge >= 0.3 is 0 Å². The number of fused-ring (bicyclic) bond motifs is 8. The molecule has 1 aliphatic carbocycles. The van der Waals surface area contributed by atoms with E-state index in [1.54, 1.807) is 0 Å². The van der Waals surface area contributed by atoms with Gasteiger partial charge in [-0.25, -0.2) is 0 Å². The molecule has 0 saturated carbocycles. The Hall–Kier alpha value is -6.38. The molecule has 0 amide bonds. The van der Waals surface area contributed by atoms with Gasteiger partial charge in [0.1, 0.15) is 11.5 Å². The van der Waals surface area contributed by atoms with Crippen molar-refractivity contribution in [2.24, 2.45) is 0 Å². The van der Waals surface area contributed by atoms with Crippen molar-refractivity contribution in [1.82, 2.24) is 0 Å². The average molecular weight is 640 g/mol. The van der Waals surface area contributed by atoms with Gasteiger partial charge in [0.15, 0.2) is 0 Å². The first-order valence-corrected chi connectivity index (χ1v) is 17.4. The largest absolute Gasteiger partial charge is 0.460 e. The molecule has 1 aliphatic heterocycles. The molecule has 1 heterocycles. The van der Waals surface area contributed by atoms with Gasteiger partial charge in [0.05, 0.1) is 0 Å². The van der Waals surface area contributed by atoms with Gasteiger partial charge < -0.3 is 9.64 Å². The Balaban J connectivity index is 1.11. The zero-order valence-corrected chi connectivity index (χ0v) is 27.5. The third-order valence-corrected chi connectivity index (χ3v) is 10.4. The lowest BCUT2D eigenvalue weighted by Gasteiger charge is -2.27. The van der Waals surface area contributed by atoms with Crippen LogP contribution in [0.4, 0.5) is 17.1 Å². The highest BCUT2D eigenvalue weighted by Gasteiger charge is 2.31. The van der Waals surface area contributed by atoms with Crippen LogP contribution in [-0.2, 0) is 0 Å². The molecular weight excluding hydrogens is 607 g/mol. The van der Waals surface area contributed by atoms with Crippen molar-refractivity contribution in [2.75, 3.05) is 4.90 Å². The Morgan fingerprint density at radius 3 is 2.12 bits per heavy atom. The van der Waals surface area contributed by atoms with Crippen molar-refractivity contribution >= 4 is 49.4 Å². The summed E-state index contributed by atoms with van der Waals surface area (Å²) >= 11 is 0. The Labute approximate surface area is 291 Å². The van der Waals surface area contributed by atoms with Crippen molar-refractivity contribution in [3.8, 4) is 28.0 Å². The zero-order valence-electron chi connectivity index (χ0n) is 27.5. The molecule has 0 saturated heterocycles. The number of allylic oxidation sites excluding steroid dienone is 4. The van der Waals surface area contributed by atoms with E-state index >= 15 is 0 Å². The Kier molecular flexibility index (Phi) is 6.67. The lowest BCUT2D eigenvalue weighted by atomic mass is 9.90. The first kappa shape index (κ1) is 28.6. The fraction of sp³-hybridized carbons (Fsp3) is 0.0417. The summed E-state index contributed by atoms with van der Waals surface area (Å²) in [4.78, 5) is 2.37. The summed E-state index contributed by atoms with van der Waals surface area (Å²) in [5.41, 5.74) is 9.26. The van der Waals surface area contributed by atoms with Gasteiger partial charge in [-0.05, 0) is 97.9 Å². The van der Waals surface area contributed by atoms with Gasteiger partial charge in [-0.1, -0.05) is 140 Å². The van der Waals surface area contributed by atoms with Crippen LogP contribution >= 0.6 is 0 Å². The maximum Gasteiger partial charge on any atom is 0.138 e. The highest BCUT2D eigenvalue weighted by Crippen LogP contribution is 2.49. The number of ether oxygens (including phenoxy) is 1. The summed E-state index contributed by atoms with van der Waals surface area (Å²) in [6, 6.07) is 59.5. The predicted molar refractivity (Wildman–Crippen MR) is 210 cm³/mol. The molecule has 1 unspecified atom stereocenters. The Morgan fingerprint density at radius 1 is 0.500 bits per heavy atom. The molecule has 8 aromatic carbocycles. The number of nitrogens with zero attached hydrogens (tertiary/aromatic N) is 1. The molecule has 1 atom stereocenters.